The van der Waals surface area contributed by atoms with Gasteiger partial charge in [0.15, 0.2) is 0 Å². The number of hydrogen-bond donors (Lipinski definition) is 3. The van der Waals surface area contributed by atoms with E-state index in [1.165, 1.54) is 12.0 Å². The predicted octanol–water partition coefficient (Wildman–Crippen LogP) is 5.27. The molecule has 0 unspecified atom stereocenters. The van der Waals surface area contributed by atoms with E-state index in [-0.39, 0.29) is 11.4 Å². The van der Waals surface area contributed by atoms with Crippen molar-refractivity contribution in [2.45, 2.75) is 97.9 Å². The lowest BCUT2D eigenvalue weighted by Gasteiger charge is -2.44. The summed E-state index contributed by atoms with van der Waals surface area (Å²) in [6.45, 7) is 14.2. The molecule has 3 rings (SSSR count). The van der Waals surface area contributed by atoms with Crippen LogP contribution in [0.15, 0.2) is 47.6 Å². The average molecular weight is 487 g/mol. The van der Waals surface area contributed by atoms with Crippen molar-refractivity contribution in [2.24, 2.45) is 28.6 Å². The van der Waals surface area contributed by atoms with Crippen LogP contribution in [0.25, 0.3) is 0 Å². The Balaban J connectivity index is 1.73. The third-order valence-corrected chi connectivity index (χ3v) is 9.07. The number of fused-ring (bicyclic) bond motifs is 1. The van der Waals surface area contributed by atoms with Crippen molar-refractivity contribution in [1.82, 2.24) is 0 Å². The first-order valence-corrected chi connectivity index (χ1v) is 13.4. The first kappa shape index (κ1) is 27.9. The van der Waals surface area contributed by atoms with Crippen molar-refractivity contribution in [3.8, 4) is 0 Å². The van der Waals surface area contributed by atoms with E-state index in [9.17, 15) is 20.1 Å². The fourth-order valence-corrected chi connectivity index (χ4v) is 6.70. The Morgan fingerprint density at radius 2 is 1.97 bits per heavy atom. The van der Waals surface area contributed by atoms with E-state index in [0.717, 1.165) is 36.8 Å². The van der Waals surface area contributed by atoms with Gasteiger partial charge in [-0.15, -0.1) is 0 Å². The van der Waals surface area contributed by atoms with Crippen LogP contribution in [-0.2, 0) is 9.53 Å². The van der Waals surface area contributed by atoms with Crippen LogP contribution in [0.3, 0.4) is 0 Å². The molecule has 0 saturated heterocycles. The fourth-order valence-electron chi connectivity index (χ4n) is 6.70. The van der Waals surface area contributed by atoms with Gasteiger partial charge >= 0.3 is 5.97 Å². The number of hydrogen-bond acceptors (Lipinski definition) is 5. The summed E-state index contributed by atoms with van der Waals surface area (Å²) < 4.78 is 5.14. The molecule has 0 radical (unpaired) electrons. The molecule has 3 aliphatic carbocycles. The molecule has 3 aliphatic rings. The molecule has 0 aliphatic heterocycles. The third-order valence-electron chi connectivity index (χ3n) is 9.07. The lowest BCUT2D eigenvalue weighted by molar-refractivity contribution is -0.158. The predicted molar refractivity (Wildman–Crippen MR) is 139 cm³/mol. The van der Waals surface area contributed by atoms with Crippen LogP contribution in [0.2, 0.25) is 0 Å². The molecule has 196 valence electrons. The lowest BCUT2D eigenvalue weighted by atomic mass is 9.61. The molecule has 0 aromatic heterocycles. The Hall–Kier alpha value is -1.69. The summed E-state index contributed by atoms with van der Waals surface area (Å²) in [5.41, 5.74) is 2.37. The molecule has 3 saturated carbocycles. The second-order valence-corrected chi connectivity index (χ2v) is 11.8. The van der Waals surface area contributed by atoms with E-state index < -0.39 is 23.7 Å². The van der Waals surface area contributed by atoms with Crippen LogP contribution in [0.1, 0.15) is 79.6 Å². The summed E-state index contributed by atoms with van der Waals surface area (Å²) in [4.78, 5) is 12.3. The third kappa shape index (κ3) is 5.84. The average Bonchev–Trinajstić information content (AvgIpc) is 3.16. The first-order valence-electron chi connectivity index (χ1n) is 13.4. The lowest BCUT2D eigenvalue weighted by Crippen LogP contribution is -2.38. The van der Waals surface area contributed by atoms with Crippen molar-refractivity contribution < 1.29 is 24.9 Å². The minimum Gasteiger partial charge on any atom is -0.465 e. The molecule has 3 fully saturated rings. The van der Waals surface area contributed by atoms with E-state index in [4.69, 9.17) is 4.74 Å². The molecule has 0 heterocycles. The van der Waals surface area contributed by atoms with Gasteiger partial charge in [-0.3, -0.25) is 4.79 Å². The van der Waals surface area contributed by atoms with Crippen LogP contribution in [0, 0.1) is 28.6 Å². The van der Waals surface area contributed by atoms with Gasteiger partial charge in [-0.05, 0) is 93.6 Å². The summed E-state index contributed by atoms with van der Waals surface area (Å²) in [6.07, 6.45) is 12.8. The first-order chi connectivity index (χ1) is 16.4. The van der Waals surface area contributed by atoms with E-state index in [1.807, 2.05) is 0 Å². The number of allylic oxidation sites excluding steroid dienone is 4. The van der Waals surface area contributed by atoms with Crippen LogP contribution in [-0.4, -0.2) is 46.2 Å². The molecule has 5 nitrogen and oxygen atoms in total. The largest absolute Gasteiger partial charge is 0.465 e. The number of rotatable bonds is 7. The van der Waals surface area contributed by atoms with Gasteiger partial charge in [-0.25, -0.2) is 0 Å². The zero-order valence-electron chi connectivity index (χ0n) is 22.3. The van der Waals surface area contributed by atoms with Gasteiger partial charge < -0.3 is 20.1 Å². The van der Waals surface area contributed by atoms with Gasteiger partial charge in [0.25, 0.3) is 0 Å². The topological polar surface area (TPSA) is 87.0 Å². The van der Waals surface area contributed by atoms with Gasteiger partial charge in [0.05, 0.1) is 30.3 Å². The zero-order valence-corrected chi connectivity index (χ0v) is 22.3. The maximum absolute atomic E-state index is 12.3. The summed E-state index contributed by atoms with van der Waals surface area (Å²) in [5, 5.41) is 31.0. The highest BCUT2D eigenvalue weighted by molar-refractivity contribution is 5.77. The number of carbonyl (C=O) groups is 1. The molecule has 7 atom stereocenters. The number of carbonyl (C=O) groups excluding carboxylic acids is 1. The molecule has 0 amide bonds. The summed E-state index contributed by atoms with van der Waals surface area (Å²) in [5.74, 6) is 0.932. The zero-order chi connectivity index (χ0) is 26.0. The molecule has 35 heavy (non-hydrogen) atoms. The fraction of sp³-hybridized carbons (Fsp3) is 0.700. The van der Waals surface area contributed by atoms with Gasteiger partial charge in [-0.1, -0.05) is 50.3 Å². The summed E-state index contributed by atoms with van der Waals surface area (Å²) >= 11 is 0. The highest BCUT2D eigenvalue weighted by Crippen LogP contribution is 2.59. The van der Waals surface area contributed by atoms with Gasteiger partial charge in [0.2, 0.25) is 0 Å². The number of aliphatic hydroxyl groups excluding tert-OH is 3. The molecule has 0 spiro atoms. The molecule has 5 heteroatoms. The van der Waals surface area contributed by atoms with E-state index in [1.54, 1.807) is 26.8 Å². The molecule has 0 aromatic carbocycles. The highest BCUT2D eigenvalue weighted by atomic mass is 16.5. The van der Waals surface area contributed by atoms with Crippen molar-refractivity contribution in [2.75, 3.05) is 6.61 Å². The second kappa shape index (κ2) is 11.1. The maximum Gasteiger partial charge on any atom is 0.314 e. The SMILES string of the molecule is C=C1C(=CC=C2CCC[C@]3(C)[C@@H]([C@H](C)C=C[C@H](O)C(C)(C)C(=O)OCC)CC[C@@H]23)C[C@@H](O)C[C@@H]1O. The number of esters is 1. The summed E-state index contributed by atoms with van der Waals surface area (Å²) in [7, 11) is 0. The smallest absolute Gasteiger partial charge is 0.314 e. The number of ether oxygens (including phenoxy) is 1. The van der Waals surface area contributed by atoms with E-state index in [2.05, 4.69) is 38.7 Å². The number of aliphatic hydroxyl groups is 3. The Bertz CT molecular complexity index is 881. The molecule has 0 bridgehead atoms. The van der Waals surface area contributed by atoms with Crippen LogP contribution < -0.4 is 0 Å². The quantitative estimate of drug-likeness (QED) is 0.337. The minimum atomic E-state index is -0.979. The van der Waals surface area contributed by atoms with Crippen molar-refractivity contribution in [3.05, 3.63) is 47.6 Å². The maximum atomic E-state index is 12.3. The van der Waals surface area contributed by atoms with E-state index in [0.29, 0.717) is 37.2 Å². The van der Waals surface area contributed by atoms with Crippen molar-refractivity contribution in [3.63, 3.8) is 0 Å². The molecular formula is C30H46O5. The normalized spacial score (nSPS) is 35.9. The standard InChI is InChI=1S/C30H46O5/c1-7-35-28(34)29(4,5)27(33)15-10-19(2)24-13-14-25-21(9-8-16-30(24,25)6)11-12-22-17-23(31)18-26(32)20(22)3/h10-12,15,19,23-27,31-33H,3,7-9,13-14,16-18H2,1-2,4-6H3/t19-,23-,24-,25+,26+,27+,30-/m1/s1. The minimum absolute atomic E-state index is 0.191. The van der Waals surface area contributed by atoms with Crippen LogP contribution >= 0.6 is 0 Å². The Labute approximate surface area is 211 Å². The summed E-state index contributed by atoms with van der Waals surface area (Å²) in [6, 6.07) is 0. The van der Waals surface area contributed by atoms with Crippen molar-refractivity contribution in [1.29, 1.82) is 0 Å². The van der Waals surface area contributed by atoms with Gasteiger partial charge in [0, 0.05) is 6.42 Å². The second-order valence-electron chi connectivity index (χ2n) is 11.8. The Morgan fingerprint density at radius 1 is 1.26 bits per heavy atom. The molecule has 3 N–H and O–H groups in total. The van der Waals surface area contributed by atoms with Crippen LogP contribution in [0.4, 0.5) is 0 Å². The van der Waals surface area contributed by atoms with Gasteiger partial charge in [0.1, 0.15) is 0 Å². The van der Waals surface area contributed by atoms with Crippen molar-refractivity contribution >= 4 is 5.97 Å². The Morgan fingerprint density at radius 3 is 2.66 bits per heavy atom. The monoisotopic (exact) mass is 486 g/mol. The van der Waals surface area contributed by atoms with Gasteiger partial charge in [-0.2, -0.15) is 0 Å². The highest BCUT2D eigenvalue weighted by Gasteiger charge is 2.50. The van der Waals surface area contributed by atoms with E-state index >= 15 is 0 Å². The van der Waals surface area contributed by atoms with Crippen LogP contribution in [0.5, 0.6) is 0 Å². The molecular weight excluding hydrogens is 440 g/mol. The Kier molecular flexibility index (Phi) is 8.88. The molecule has 0 aromatic rings.